The van der Waals surface area contributed by atoms with E-state index in [9.17, 15) is 28.2 Å². The highest BCUT2D eigenvalue weighted by Crippen LogP contribution is 2.44. The number of alkyl halides is 3. The van der Waals surface area contributed by atoms with Crippen LogP contribution in [0.2, 0.25) is 5.02 Å². The fourth-order valence-electron chi connectivity index (χ4n) is 2.06. The smallest absolute Gasteiger partial charge is 0.416 e. The highest BCUT2D eigenvalue weighted by molar-refractivity contribution is 8.15. The fourth-order valence-corrected chi connectivity index (χ4v) is 3.90. The van der Waals surface area contributed by atoms with Crippen LogP contribution in [0.1, 0.15) is 12.5 Å². The summed E-state index contributed by atoms with van der Waals surface area (Å²) in [5.41, 5.74) is -1.28. The molecule has 2 rings (SSSR count). The summed E-state index contributed by atoms with van der Waals surface area (Å²) in [6.07, 6.45) is -7.58. The lowest BCUT2D eigenvalue weighted by atomic mass is 10.2. The van der Waals surface area contributed by atoms with Gasteiger partial charge in [0.1, 0.15) is 11.5 Å². The predicted octanol–water partition coefficient (Wildman–Crippen LogP) is 5.09. The molecule has 0 radical (unpaired) electrons. The van der Waals surface area contributed by atoms with E-state index in [0.29, 0.717) is 6.07 Å². The molecule has 1 N–H and O–H groups in total. The van der Waals surface area contributed by atoms with Crippen LogP contribution >= 0.6 is 17.9 Å². The van der Waals surface area contributed by atoms with Crippen molar-refractivity contribution >= 4 is 40.7 Å². The minimum absolute atomic E-state index is 0.0412. The molecule has 0 aliphatic carbocycles. The van der Waals surface area contributed by atoms with Crippen LogP contribution in [0.3, 0.4) is 0 Å². The van der Waals surface area contributed by atoms with Gasteiger partial charge >= 0.3 is 6.18 Å². The van der Waals surface area contributed by atoms with Gasteiger partial charge in [-0.25, -0.2) is 0 Å². The van der Waals surface area contributed by atoms with Crippen molar-refractivity contribution in [2.75, 3.05) is 6.16 Å². The zero-order valence-corrected chi connectivity index (χ0v) is 15.6. The van der Waals surface area contributed by atoms with Crippen molar-refractivity contribution in [3.8, 4) is 11.5 Å². The molecule has 1 unspecified atom stereocenters. The van der Waals surface area contributed by atoms with Gasteiger partial charge in [0, 0.05) is 12.2 Å². The lowest BCUT2D eigenvalue weighted by Gasteiger charge is -2.16. The van der Waals surface area contributed by atoms with E-state index in [2.05, 4.69) is 0 Å². The molecule has 11 heteroatoms. The highest BCUT2D eigenvalue weighted by atomic mass is 35.5. The van der Waals surface area contributed by atoms with Crippen molar-refractivity contribution in [1.82, 2.24) is 0 Å². The van der Waals surface area contributed by atoms with E-state index in [-0.39, 0.29) is 33.7 Å². The van der Waals surface area contributed by atoms with Gasteiger partial charge in [0.15, 0.2) is 0 Å². The van der Waals surface area contributed by atoms with Gasteiger partial charge in [0.2, 0.25) is 0 Å². The SMILES string of the molecule is CCP(O)(=S)c1cc(Oc2ccc(C(F)(F)F)cc2Cl)ccc1[N+](=O)[O-]. The first-order valence-corrected chi connectivity index (χ1v) is 10.4. The molecule has 0 aliphatic heterocycles. The average Bonchev–Trinajstić information content (AvgIpc) is 2.55. The summed E-state index contributed by atoms with van der Waals surface area (Å²) < 4.78 is 43.4. The quantitative estimate of drug-likeness (QED) is 0.410. The molecular weight excluding hydrogens is 414 g/mol. The molecule has 140 valence electrons. The number of nitrogens with zero attached hydrogens (tertiary/aromatic N) is 1. The molecule has 2 aromatic rings. The molecule has 0 aliphatic rings. The van der Waals surface area contributed by atoms with E-state index in [1.54, 1.807) is 6.92 Å². The van der Waals surface area contributed by atoms with Gasteiger partial charge in [0.25, 0.3) is 5.69 Å². The first-order chi connectivity index (χ1) is 12.0. The van der Waals surface area contributed by atoms with Gasteiger partial charge in [-0.2, -0.15) is 13.2 Å². The highest BCUT2D eigenvalue weighted by Gasteiger charge is 2.31. The van der Waals surface area contributed by atoms with Crippen LogP contribution in [0, 0.1) is 10.1 Å². The molecule has 0 amide bonds. The maximum absolute atomic E-state index is 12.7. The van der Waals surface area contributed by atoms with E-state index in [1.165, 1.54) is 12.1 Å². The Kier molecular flexibility index (Phi) is 5.97. The van der Waals surface area contributed by atoms with Gasteiger partial charge in [-0.05, 0) is 30.3 Å². The Morgan fingerprint density at radius 1 is 1.31 bits per heavy atom. The van der Waals surface area contributed by atoms with E-state index in [0.717, 1.165) is 18.2 Å². The second kappa shape index (κ2) is 7.52. The monoisotopic (exact) mass is 425 g/mol. The standard InChI is InChI=1S/C15H12ClF3NO4PS/c1-2-25(23,26)14-8-10(4-5-12(14)20(21)22)24-13-6-3-9(7-11(13)16)15(17,18)19/h3-8H,2H2,1H3,(H,23,26). The van der Waals surface area contributed by atoms with Crippen LogP contribution in [0.5, 0.6) is 11.5 Å². The van der Waals surface area contributed by atoms with Crippen molar-refractivity contribution in [2.45, 2.75) is 13.1 Å². The van der Waals surface area contributed by atoms with Crippen LogP contribution in [0.4, 0.5) is 18.9 Å². The number of ether oxygens (including phenoxy) is 1. The number of rotatable bonds is 5. The second-order valence-corrected chi connectivity index (χ2v) is 9.91. The van der Waals surface area contributed by atoms with Gasteiger partial charge < -0.3 is 9.63 Å². The minimum Gasteiger partial charge on any atom is -0.456 e. The van der Waals surface area contributed by atoms with Crippen molar-refractivity contribution in [1.29, 1.82) is 0 Å². The maximum Gasteiger partial charge on any atom is 0.416 e. The van der Waals surface area contributed by atoms with Crippen molar-refractivity contribution < 1.29 is 27.7 Å². The minimum atomic E-state index is -4.55. The summed E-state index contributed by atoms with van der Waals surface area (Å²) in [6.45, 7) is 1.60. The van der Waals surface area contributed by atoms with Crippen LogP contribution < -0.4 is 10.0 Å². The molecule has 1 atom stereocenters. The summed E-state index contributed by atoms with van der Waals surface area (Å²) in [5, 5.41) is 10.8. The zero-order chi connectivity index (χ0) is 19.7. The van der Waals surface area contributed by atoms with Gasteiger partial charge in [-0.3, -0.25) is 10.1 Å². The molecule has 0 fully saturated rings. The van der Waals surface area contributed by atoms with Crippen LogP contribution in [0.15, 0.2) is 36.4 Å². The Morgan fingerprint density at radius 2 is 1.96 bits per heavy atom. The molecule has 2 aromatic carbocycles. The predicted molar refractivity (Wildman–Crippen MR) is 96.3 cm³/mol. The Morgan fingerprint density at radius 3 is 2.46 bits per heavy atom. The Labute approximate surface area is 156 Å². The molecule has 0 bridgehead atoms. The first-order valence-electron chi connectivity index (χ1n) is 7.11. The largest absolute Gasteiger partial charge is 0.456 e. The molecule has 0 aromatic heterocycles. The number of hydrogen-bond acceptors (Lipinski definition) is 4. The number of nitro groups is 1. The topological polar surface area (TPSA) is 72.6 Å². The molecule has 0 saturated carbocycles. The van der Waals surface area contributed by atoms with Crippen molar-refractivity contribution in [2.24, 2.45) is 0 Å². The summed E-state index contributed by atoms with van der Waals surface area (Å²) in [7, 11) is 0. The lowest BCUT2D eigenvalue weighted by molar-refractivity contribution is -0.383. The van der Waals surface area contributed by atoms with E-state index in [1.807, 2.05) is 0 Å². The van der Waals surface area contributed by atoms with E-state index in [4.69, 9.17) is 28.1 Å². The molecule has 0 saturated heterocycles. The van der Waals surface area contributed by atoms with Gasteiger partial charge in [-0.15, -0.1) is 0 Å². The number of halogens is 4. The van der Waals surface area contributed by atoms with Gasteiger partial charge in [-0.1, -0.05) is 30.3 Å². The third-order valence-electron chi connectivity index (χ3n) is 3.44. The summed E-state index contributed by atoms with van der Waals surface area (Å²) in [5.74, 6) is -0.00815. The molecule has 5 nitrogen and oxygen atoms in total. The lowest BCUT2D eigenvalue weighted by Crippen LogP contribution is -2.12. The molecular formula is C15H12ClF3NO4PS. The van der Waals surface area contributed by atoms with Gasteiger partial charge in [0.05, 0.1) is 27.1 Å². The number of nitro benzene ring substituents is 1. The zero-order valence-electron chi connectivity index (χ0n) is 13.2. The maximum atomic E-state index is 12.7. The number of hydrogen-bond donors (Lipinski definition) is 1. The van der Waals surface area contributed by atoms with Crippen molar-refractivity contribution in [3.05, 3.63) is 57.1 Å². The normalized spacial score (nSPS) is 13.9. The summed E-state index contributed by atoms with van der Waals surface area (Å²) in [6, 6.07) is 6.15. The van der Waals surface area contributed by atoms with Crippen molar-refractivity contribution in [3.63, 3.8) is 0 Å². The third-order valence-corrected chi connectivity index (χ3v) is 7.06. The Hall–Kier alpha value is -1.67. The van der Waals surface area contributed by atoms with E-state index >= 15 is 0 Å². The van der Waals surface area contributed by atoms with Crippen LogP contribution in [0.25, 0.3) is 0 Å². The Bertz CT molecular complexity index is 907. The molecule has 0 spiro atoms. The van der Waals surface area contributed by atoms with Crippen LogP contribution in [-0.2, 0) is 18.0 Å². The fraction of sp³-hybridized carbons (Fsp3) is 0.200. The van der Waals surface area contributed by atoms with E-state index < -0.39 is 22.9 Å². The first kappa shape index (κ1) is 20.6. The number of benzene rings is 2. The summed E-state index contributed by atoms with van der Waals surface area (Å²) in [4.78, 5) is 20.8. The average molecular weight is 426 g/mol. The molecule has 26 heavy (non-hydrogen) atoms. The third kappa shape index (κ3) is 4.54. The van der Waals surface area contributed by atoms with Crippen LogP contribution in [-0.4, -0.2) is 16.0 Å². The summed E-state index contributed by atoms with van der Waals surface area (Å²) >= 11 is 10.9. The molecule has 0 heterocycles. The second-order valence-electron chi connectivity index (χ2n) is 5.17. The Balaban J connectivity index is 2.44.